The normalized spacial score (nSPS) is 15.4. The van der Waals surface area contributed by atoms with Crippen LogP contribution in [0.4, 0.5) is 0 Å². The Morgan fingerprint density at radius 1 is 0.882 bits per heavy atom. The highest BCUT2D eigenvalue weighted by Gasteiger charge is 2.28. The monoisotopic (exact) mass is 453 g/mol. The molecule has 0 aliphatic carbocycles. The van der Waals surface area contributed by atoms with Crippen molar-refractivity contribution in [3.8, 4) is 34.4 Å². The molecule has 1 N–H and O–H groups in total. The van der Waals surface area contributed by atoms with Crippen LogP contribution in [0, 0.1) is 0 Å². The van der Waals surface area contributed by atoms with Gasteiger partial charge < -0.3 is 19.0 Å². The minimum Gasteiger partial charge on any atom is -0.457 e. The van der Waals surface area contributed by atoms with Gasteiger partial charge in [-0.05, 0) is 71.5 Å². The van der Waals surface area contributed by atoms with Crippen LogP contribution in [0.1, 0.15) is 11.1 Å². The molecule has 0 radical (unpaired) electrons. The molecule has 2 aliphatic heterocycles. The minimum atomic E-state index is -0.519. The molecule has 0 saturated heterocycles. The van der Waals surface area contributed by atoms with Gasteiger partial charge >= 0.3 is 5.97 Å². The summed E-state index contributed by atoms with van der Waals surface area (Å²) in [6.07, 6.45) is 1.72. The molecule has 0 saturated carbocycles. The summed E-state index contributed by atoms with van der Waals surface area (Å²) in [5, 5.41) is 17.8. The maximum Gasteiger partial charge on any atom is 0.368 e. The number of oxime groups is 1. The molecule has 2 aliphatic rings. The van der Waals surface area contributed by atoms with Crippen molar-refractivity contribution in [3.05, 3.63) is 83.4 Å². The molecule has 0 bridgehead atoms. The molecule has 10 nitrogen and oxygen atoms in total. The van der Waals surface area contributed by atoms with Gasteiger partial charge in [0, 0.05) is 11.1 Å². The summed E-state index contributed by atoms with van der Waals surface area (Å²) in [7, 11) is 0. The van der Waals surface area contributed by atoms with Crippen LogP contribution in [0.5, 0.6) is 23.0 Å². The summed E-state index contributed by atoms with van der Waals surface area (Å²) in [4.78, 5) is 17.2. The molecular formula is C24H15N5O5. The Hall–Kier alpha value is -4.99. The fourth-order valence-corrected chi connectivity index (χ4v) is 3.55. The topological polar surface area (TPSA) is 121 Å². The third kappa shape index (κ3) is 3.73. The van der Waals surface area contributed by atoms with Gasteiger partial charge in [-0.1, -0.05) is 17.3 Å². The number of ether oxygens (including phenoxy) is 3. The van der Waals surface area contributed by atoms with E-state index in [0.717, 1.165) is 11.1 Å². The number of benzene rings is 3. The lowest BCUT2D eigenvalue weighted by atomic mass is 10.0. The summed E-state index contributed by atoms with van der Waals surface area (Å²) in [6.45, 7) is 0.167. The Labute approximate surface area is 192 Å². The lowest BCUT2D eigenvalue weighted by molar-refractivity contribution is -0.136. The molecule has 34 heavy (non-hydrogen) atoms. The van der Waals surface area contributed by atoms with E-state index in [0.29, 0.717) is 45.7 Å². The number of nitrogens with zero attached hydrogens (tertiary/aromatic N) is 4. The number of tetrazole rings is 1. The van der Waals surface area contributed by atoms with Crippen LogP contribution >= 0.6 is 0 Å². The number of fused-ring (bicyclic) bond motifs is 1. The van der Waals surface area contributed by atoms with E-state index in [1.165, 1.54) is 0 Å². The molecule has 0 unspecified atom stereocenters. The SMILES string of the molecule is O=C1ON=C(c2ccc3c(c2)OCO3)/C1=C/c1ccc(Oc2ccc(-c3nn[nH]n3)cc2)cc1. The maximum absolute atomic E-state index is 12.3. The molecule has 0 atom stereocenters. The van der Waals surface area contributed by atoms with Gasteiger partial charge in [0.05, 0.1) is 5.57 Å². The maximum atomic E-state index is 12.3. The van der Waals surface area contributed by atoms with E-state index in [2.05, 4.69) is 25.8 Å². The second-order valence-corrected chi connectivity index (χ2v) is 7.38. The van der Waals surface area contributed by atoms with Crippen molar-refractivity contribution in [2.45, 2.75) is 0 Å². The molecule has 0 amide bonds. The number of nitrogens with one attached hydrogen (secondary N) is 1. The second-order valence-electron chi connectivity index (χ2n) is 7.38. The predicted octanol–water partition coefficient (Wildman–Crippen LogP) is 3.73. The van der Waals surface area contributed by atoms with Gasteiger partial charge in [-0.3, -0.25) is 0 Å². The zero-order valence-corrected chi connectivity index (χ0v) is 17.5. The molecule has 3 heterocycles. The number of carbonyl (C=O) groups excluding carboxylic acids is 1. The van der Waals surface area contributed by atoms with Crippen LogP contribution in [0.15, 0.2) is 77.5 Å². The number of aromatic amines is 1. The number of hydrogen-bond acceptors (Lipinski definition) is 9. The van der Waals surface area contributed by atoms with Gasteiger partial charge in [0.1, 0.15) is 17.2 Å². The number of hydrogen-bond donors (Lipinski definition) is 1. The zero-order chi connectivity index (χ0) is 22.9. The zero-order valence-electron chi connectivity index (χ0n) is 17.5. The van der Waals surface area contributed by atoms with Crippen LogP contribution in [-0.4, -0.2) is 39.1 Å². The third-order valence-corrected chi connectivity index (χ3v) is 5.23. The largest absolute Gasteiger partial charge is 0.457 e. The van der Waals surface area contributed by atoms with Gasteiger partial charge in [0.25, 0.3) is 0 Å². The van der Waals surface area contributed by atoms with Crippen LogP contribution in [0.2, 0.25) is 0 Å². The molecule has 0 fully saturated rings. The van der Waals surface area contributed by atoms with Crippen LogP contribution in [0.25, 0.3) is 17.5 Å². The molecule has 10 heteroatoms. The van der Waals surface area contributed by atoms with Crippen molar-refractivity contribution in [3.63, 3.8) is 0 Å². The van der Waals surface area contributed by atoms with Crippen LogP contribution < -0.4 is 14.2 Å². The average molecular weight is 453 g/mol. The minimum absolute atomic E-state index is 0.167. The summed E-state index contributed by atoms with van der Waals surface area (Å²) in [5.74, 6) is 2.56. The number of carbonyl (C=O) groups is 1. The van der Waals surface area contributed by atoms with Crippen molar-refractivity contribution in [1.29, 1.82) is 0 Å². The van der Waals surface area contributed by atoms with Crippen LogP contribution in [-0.2, 0) is 9.63 Å². The van der Waals surface area contributed by atoms with E-state index in [9.17, 15) is 4.79 Å². The first-order chi connectivity index (χ1) is 16.7. The molecule has 6 rings (SSSR count). The second kappa shape index (κ2) is 8.17. The van der Waals surface area contributed by atoms with Crippen LogP contribution in [0.3, 0.4) is 0 Å². The summed E-state index contributed by atoms with van der Waals surface area (Å²) in [5.41, 5.74) is 3.11. The van der Waals surface area contributed by atoms with Gasteiger partial charge in [-0.25, -0.2) is 4.79 Å². The highest BCUT2D eigenvalue weighted by Crippen LogP contribution is 2.34. The first-order valence-corrected chi connectivity index (χ1v) is 10.3. The summed E-state index contributed by atoms with van der Waals surface area (Å²) >= 11 is 0. The number of aromatic nitrogens is 4. The van der Waals surface area contributed by atoms with Crippen molar-refractivity contribution >= 4 is 17.8 Å². The Morgan fingerprint density at radius 3 is 2.38 bits per heavy atom. The van der Waals surface area contributed by atoms with E-state index in [-0.39, 0.29) is 6.79 Å². The Bertz CT molecular complexity index is 1430. The van der Waals surface area contributed by atoms with Crippen molar-refractivity contribution in [2.75, 3.05) is 6.79 Å². The van der Waals surface area contributed by atoms with Crippen molar-refractivity contribution in [1.82, 2.24) is 20.6 Å². The molecule has 4 aromatic rings. The summed E-state index contributed by atoms with van der Waals surface area (Å²) < 4.78 is 16.7. The van der Waals surface area contributed by atoms with E-state index in [1.807, 2.05) is 54.6 Å². The Kier molecular flexibility index (Phi) is 4.73. The Balaban J connectivity index is 1.19. The molecular weight excluding hydrogens is 438 g/mol. The first-order valence-electron chi connectivity index (χ1n) is 10.3. The van der Waals surface area contributed by atoms with E-state index in [4.69, 9.17) is 19.0 Å². The van der Waals surface area contributed by atoms with Gasteiger partial charge in [-0.15, -0.1) is 10.2 Å². The molecule has 0 spiro atoms. The smallest absolute Gasteiger partial charge is 0.368 e. The lowest BCUT2D eigenvalue weighted by Gasteiger charge is -2.07. The highest BCUT2D eigenvalue weighted by molar-refractivity contribution is 6.31. The first kappa shape index (κ1) is 19.7. The highest BCUT2D eigenvalue weighted by atomic mass is 16.7. The molecule has 3 aromatic carbocycles. The fraction of sp³-hybridized carbons (Fsp3) is 0.0417. The van der Waals surface area contributed by atoms with E-state index < -0.39 is 5.97 Å². The van der Waals surface area contributed by atoms with E-state index in [1.54, 1.807) is 18.2 Å². The molecule has 1 aromatic heterocycles. The Morgan fingerprint density at radius 2 is 1.62 bits per heavy atom. The van der Waals surface area contributed by atoms with Crippen molar-refractivity contribution < 1.29 is 23.8 Å². The number of rotatable bonds is 5. The summed E-state index contributed by atoms with van der Waals surface area (Å²) in [6, 6.07) is 20.0. The van der Waals surface area contributed by atoms with Gasteiger partial charge in [-0.2, -0.15) is 5.21 Å². The fourth-order valence-electron chi connectivity index (χ4n) is 3.55. The van der Waals surface area contributed by atoms with Gasteiger partial charge in [0.2, 0.25) is 12.6 Å². The standard InChI is InChI=1S/C24H15N5O5/c30-24-19(22(27-34-24)16-5-10-20-21(12-16)32-13-31-20)11-14-1-6-17(7-2-14)33-18-8-3-15(4-9-18)23-25-28-29-26-23/h1-12H,13H2,(H,25,26,28,29)/b19-11-. The number of H-pyrrole nitrogens is 1. The third-order valence-electron chi connectivity index (χ3n) is 5.23. The average Bonchev–Trinajstić information content (AvgIpc) is 3.63. The van der Waals surface area contributed by atoms with Crippen molar-refractivity contribution in [2.24, 2.45) is 5.16 Å². The predicted molar refractivity (Wildman–Crippen MR) is 119 cm³/mol. The quantitative estimate of drug-likeness (QED) is 0.358. The molecule has 166 valence electrons. The van der Waals surface area contributed by atoms with Gasteiger partial charge in [0.15, 0.2) is 11.5 Å². The van der Waals surface area contributed by atoms with E-state index >= 15 is 0 Å². The lowest BCUT2D eigenvalue weighted by Crippen LogP contribution is -2.06.